The minimum atomic E-state index is -0.294. The van der Waals surface area contributed by atoms with E-state index in [4.69, 9.17) is 0 Å². The van der Waals surface area contributed by atoms with Crippen LogP contribution in [-0.2, 0) is 6.42 Å². The Hall–Kier alpha value is -3.28. The van der Waals surface area contributed by atoms with E-state index in [2.05, 4.69) is 20.6 Å². The van der Waals surface area contributed by atoms with Gasteiger partial charge in [-0.1, -0.05) is 29.8 Å². The highest BCUT2D eigenvalue weighted by Crippen LogP contribution is 2.11. The molecule has 0 radical (unpaired) electrons. The Labute approximate surface area is 151 Å². The first-order chi connectivity index (χ1) is 12.6. The minimum absolute atomic E-state index is 0.252. The lowest BCUT2D eigenvalue weighted by Gasteiger charge is -2.08. The third-order valence-corrected chi connectivity index (χ3v) is 3.81. The van der Waals surface area contributed by atoms with Crippen molar-refractivity contribution in [2.75, 3.05) is 17.2 Å². The van der Waals surface area contributed by atoms with Gasteiger partial charge >= 0.3 is 0 Å². The Balaban J connectivity index is 1.57. The number of rotatable bonds is 6. The Morgan fingerprint density at radius 3 is 2.50 bits per heavy atom. The van der Waals surface area contributed by atoms with Gasteiger partial charge in [0.2, 0.25) is 5.95 Å². The van der Waals surface area contributed by atoms with Gasteiger partial charge in [-0.2, -0.15) is 0 Å². The number of anilines is 2. The van der Waals surface area contributed by atoms with E-state index in [1.165, 1.54) is 18.3 Å². The fourth-order valence-electron chi connectivity index (χ4n) is 2.37. The van der Waals surface area contributed by atoms with Crippen LogP contribution in [0.4, 0.5) is 16.0 Å². The van der Waals surface area contributed by atoms with Crippen LogP contribution in [0.25, 0.3) is 0 Å². The zero-order valence-electron chi connectivity index (χ0n) is 14.4. The maximum atomic E-state index is 12.9. The van der Waals surface area contributed by atoms with Crippen molar-refractivity contribution in [1.82, 2.24) is 9.97 Å². The summed E-state index contributed by atoms with van der Waals surface area (Å²) in [6.45, 7) is 2.56. The van der Waals surface area contributed by atoms with Gasteiger partial charge in [0.05, 0.1) is 0 Å². The molecule has 0 aliphatic carbocycles. The summed E-state index contributed by atoms with van der Waals surface area (Å²) < 4.78 is 12.9. The summed E-state index contributed by atoms with van der Waals surface area (Å²) in [5.41, 5.74) is 3.12. The number of nitrogens with zero attached hydrogens (tertiary/aromatic N) is 2. The highest BCUT2D eigenvalue weighted by atomic mass is 19.1. The Bertz CT molecular complexity index is 879. The maximum absolute atomic E-state index is 12.9. The van der Waals surface area contributed by atoms with E-state index in [1.807, 2.05) is 31.2 Å². The summed E-state index contributed by atoms with van der Waals surface area (Å²) in [6.07, 6.45) is 2.24. The Kier molecular flexibility index (Phi) is 5.53. The van der Waals surface area contributed by atoms with Crippen LogP contribution in [0, 0.1) is 12.7 Å². The largest absolute Gasteiger partial charge is 0.354 e. The van der Waals surface area contributed by atoms with Gasteiger partial charge in [-0.3, -0.25) is 4.79 Å². The fraction of sp³-hybridized carbons (Fsp3) is 0.150. The van der Waals surface area contributed by atoms with Crippen LogP contribution in [0.15, 0.2) is 60.8 Å². The maximum Gasteiger partial charge on any atom is 0.274 e. The quantitative estimate of drug-likeness (QED) is 0.709. The monoisotopic (exact) mass is 350 g/mol. The van der Waals surface area contributed by atoms with E-state index in [0.717, 1.165) is 11.1 Å². The molecule has 1 heterocycles. The van der Waals surface area contributed by atoms with Crippen LogP contribution in [0.5, 0.6) is 0 Å². The Morgan fingerprint density at radius 1 is 1.04 bits per heavy atom. The molecule has 0 aliphatic rings. The molecule has 132 valence electrons. The van der Waals surface area contributed by atoms with Gasteiger partial charge in [0.1, 0.15) is 11.5 Å². The molecule has 6 heteroatoms. The summed E-state index contributed by atoms with van der Waals surface area (Å²) in [5, 5.41) is 5.89. The number of hydrogen-bond acceptors (Lipinski definition) is 4. The molecule has 5 nitrogen and oxygen atoms in total. The number of carbonyl (C=O) groups excluding carboxylic acids is 1. The van der Waals surface area contributed by atoms with Crippen LogP contribution in [0.3, 0.4) is 0 Å². The molecule has 2 N–H and O–H groups in total. The van der Waals surface area contributed by atoms with Crippen molar-refractivity contribution in [2.24, 2.45) is 0 Å². The first kappa shape index (κ1) is 17.5. The number of amides is 1. The van der Waals surface area contributed by atoms with Crippen LogP contribution in [0.2, 0.25) is 0 Å². The molecule has 0 fully saturated rings. The third kappa shape index (κ3) is 4.86. The average molecular weight is 350 g/mol. The van der Waals surface area contributed by atoms with Crippen LogP contribution < -0.4 is 10.6 Å². The number of nitrogens with one attached hydrogen (secondary N) is 2. The highest BCUT2D eigenvalue weighted by Gasteiger charge is 2.09. The molecule has 1 aromatic heterocycles. The van der Waals surface area contributed by atoms with Crippen molar-refractivity contribution in [2.45, 2.75) is 13.3 Å². The zero-order valence-corrected chi connectivity index (χ0v) is 14.4. The van der Waals surface area contributed by atoms with E-state index < -0.39 is 0 Å². The molecule has 0 aliphatic heterocycles. The summed E-state index contributed by atoms with van der Waals surface area (Å²) in [7, 11) is 0. The van der Waals surface area contributed by atoms with Crippen molar-refractivity contribution < 1.29 is 9.18 Å². The normalized spacial score (nSPS) is 10.4. The predicted molar refractivity (Wildman–Crippen MR) is 99.8 cm³/mol. The van der Waals surface area contributed by atoms with E-state index in [0.29, 0.717) is 24.6 Å². The summed E-state index contributed by atoms with van der Waals surface area (Å²) in [5.74, 6) is -0.168. The van der Waals surface area contributed by atoms with Gasteiger partial charge in [0.25, 0.3) is 5.91 Å². The van der Waals surface area contributed by atoms with Gasteiger partial charge in [-0.15, -0.1) is 0 Å². The Morgan fingerprint density at radius 2 is 1.77 bits per heavy atom. The first-order valence-electron chi connectivity index (χ1n) is 8.29. The molecule has 1 amide bonds. The molecular weight excluding hydrogens is 331 g/mol. The molecule has 0 spiro atoms. The smallest absolute Gasteiger partial charge is 0.274 e. The molecule has 26 heavy (non-hydrogen) atoms. The lowest BCUT2D eigenvalue weighted by atomic mass is 10.1. The lowest BCUT2D eigenvalue weighted by Crippen LogP contribution is -2.16. The summed E-state index contributed by atoms with van der Waals surface area (Å²) in [6, 6.07) is 15.5. The topological polar surface area (TPSA) is 66.9 Å². The molecule has 0 saturated carbocycles. The van der Waals surface area contributed by atoms with Gasteiger partial charge < -0.3 is 10.6 Å². The summed E-state index contributed by atoms with van der Waals surface area (Å²) >= 11 is 0. The number of carbonyl (C=O) groups is 1. The van der Waals surface area contributed by atoms with Crippen LogP contribution in [0.1, 0.15) is 21.6 Å². The van der Waals surface area contributed by atoms with Crippen molar-refractivity contribution >= 4 is 17.5 Å². The van der Waals surface area contributed by atoms with E-state index in [9.17, 15) is 9.18 Å². The van der Waals surface area contributed by atoms with Crippen molar-refractivity contribution in [1.29, 1.82) is 0 Å². The third-order valence-electron chi connectivity index (χ3n) is 3.81. The second-order valence-electron chi connectivity index (χ2n) is 5.89. The van der Waals surface area contributed by atoms with E-state index >= 15 is 0 Å². The van der Waals surface area contributed by atoms with Gasteiger partial charge in [0, 0.05) is 18.4 Å². The minimum Gasteiger partial charge on any atom is -0.354 e. The second kappa shape index (κ2) is 8.20. The summed E-state index contributed by atoms with van der Waals surface area (Å²) in [4.78, 5) is 20.7. The van der Waals surface area contributed by atoms with Gasteiger partial charge in [-0.05, 0) is 49.2 Å². The van der Waals surface area contributed by atoms with Crippen molar-refractivity contribution in [3.8, 4) is 0 Å². The molecular formula is C20H19FN4O. The molecule has 3 rings (SSSR count). The average Bonchev–Trinajstić information content (AvgIpc) is 2.65. The second-order valence-corrected chi connectivity index (χ2v) is 5.89. The lowest BCUT2D eigenvalue weighted by molar-refractivity contribution is 0.102. The number of benzene rings is 2. The van der Waals surface area contributed by atoms with E-state index in [-0.39, 0.29) is 17.4 Å². The predicted octanol–water partition coefficient (Wildman–Crippen LogP) is 3.83. The van der Waals surface area contributed by atoms with Gasteiger partial charge in [-0.25, -0.2) is 14.4 Å². The van der Waals surface area contributed by atoms with Crippen LogP contribution >= 0.6 is 0 Å². The first-order valence-corrected chi connectivity index (χ1v) is 8.29. The van der Waals surface area contributed by atoms with E-state index in [1.54, 1.807) is 18.2 Å². The molecule has 3 aromatic rings. The number of halogens is 1. The fourth-order valence-corrected chi connectivity index (χ4v) is 2.37. The molecule has 0 saturated heterocycles. The van der Waals surface area contributed by atoms with Crippen molar-refractivity contribution in [3.63, 3.8) is 0 Å². The highest BCUT2D eigenvalue weighted by molar-refractivity contribution is 6.02. The number of hydrogen-bond donors (Lipinski definition) is 2. The van der Waals surface area contributed by atoms with Gasteiger partial charge in [0.15, 0.2) is 0 Å². The standard InChI is InChI=1S/C20H19FN4O/c1-14-2-8-17(9-3-14)24-19(26)18-11-13-23-20(25-18)22-12-10-15-4-6-16(21)7-5-15/h2-9,11,13H,10,12H2,1H3,(H,24,26)(H,22,23,25). The van der Waals surface area contributed by atoms with Crippen LogP contribution in [-0.4, -0.2) is 22.4 Å². The SMILES string of the molecule is Cc1ccc(NC(=O)c2ccnc(NCCc3ccc(F)cc3)n2)cc1. The molecule has 2 aromatic carbocycles. The number of aromatic nitrogens is 2. The zero-order chi connectivity index (χ0) is 18.4. The molecule has 0 unspecified atom stereocenters. The number of aryl methyl sites for hydroxylation is 1. The molecule has 0 atom stereocenters. The molecule has 0 bridgehead atoms. The van der Waals surface area contributed by atoms with Crippen molar-refractivity contribution in [3.05, 3.63) is 83.4 Å².